The van der Waals surface area contributed by atoms with Gasteiger partial charge >= 0.3 is 0 Å². The standard InChI is InChI=1S/C15H15ClO2/c1-11(17)13-8-5-9-14(16)15(13)18-10-12-6-3-2-4-7-12/h2-9,11,17H,10H2,1H3. The molecule has 2 aromatic rings. The summed E-state index contributed by atoms with van der Waals surface area (Å²) in [6, 6.07) is 15.2. The molecule has 94 valence electrons. The Bertz CT molecular complexity index is 509. The van der Waals surface area contributed by atoms with E-state index in [0.717, 1.165) is 5.56 Å². The van der Waals surface area contributed by atoms with Crippen LogP contribution in [0.4, 0.5) is 0 Å². The van der Waals surface area contributed by atoms with E-state index in [2.05, 4.69) is 0 Å². The number of hydrogen-bond acceptors (Lipinski definition) is 2. The lowest BCUT2D eigenvalue weighted by molar-refractivity contribution is 0.190. The molecule has 1 unspecified atom stereocenters. The third-order valence-electron chi connectivity index (χ3n) is 2.67. The molecule has 0 aromatic heterocycles. The Morgan fingerprint density at radius 3 is 2.50 bits per heavy atom. The minimum absolute atomic E-state index is 0.435. The average molecular weight is 263 g/mol. The summed E-state index contributed by atoms with van der Waals surface area (Å²) in [5, 5.41) is 10.2. The van der Waals surface area contributed by atoms with E-state index < -0.39 is 6.10 Å². The van der Waals surface area contributed by atoms with E-state index in [-0.39, 0.29) is 0 Å². The van der Waals surface area contributed by atoms with Crippen molar-refractivity contribution >= 4 is 11.6 Å². The summed E-state index contributed by atoms with van der Waals surface area (Å²) in [5.74, 6) is 0.554. The van der Waals surface area contributed by atoms with Crippen molar-refractivity contribution in [2.24, 2.45) is 0 Å². The zero-order chi connectivity index (χ0) is 13.0. The zero-order valence-corrected chi connectivity index (χ0v) is 10.9. The Balaban J connectivity index is 2.19. The molecular weight excluding hydrogens is 248 g/mol. The van der Waals surface area contributed by atoms with E-state index in [1.54, 1.807) is 19.1 Å². The summed E-state index contributed by atoms with van der Waals surface area (Å²) in [6.45, 7) is 2.13. The van der Waals surface area contributed by atoms with Crippen molar-refractivity contribution in [2.75, 3.05) is 0 Å². The van der Waals surface area contributed by atoms with Crippen molar-refractivity contribution in [3.63, 3.8) is 0 Å². The SMILES string of the molecule is CC(O)c1cccc(Cl)c1OCc1ccccc1. The molecule has 0 saturated carbocycles. The number of aliphatic hydroxyl groups excluding tert-OH is 1. The van der Waals surface area contributed by atoms with Gasteiger partial charge in [-0.3, -0.25) is 0 Å². The molecule has 18 heavy (non-hydrogen) atoms. The van der Waals surface area contributed by atoms with Gasteiger partial charge in [-0.1, -0.05) is 54.1 Å². The van der Waals surface area contributed by atoms with Crippen LogP contribution in [-0.2, 0) is 6.61 Å². The maximum atomic E-state index is 9.69. The van der Waals surface area contributed by atoms with Crippen LogP contribution < -0.4 is 4.74 Å². The highest BCUT2D eigenvalue weighted by atomic mass is 35.5. The number of para-hydroxylation sites is 1. The second kappa shape index (κ2) is 5.89. The molecule has 0 heterocycles. The molecule has 0 aliphatic heterocycles. The van der Waals surface area contributed by atoms with Crippen molar-refractivity contribution < 1.29 is 9.84 Å². The topological polar surface area (TPSA) is 29.5 Å². The summed E-state index contributed by atoms with van der Waals surface area (Å²) in [6.07, 6.45) is -0.602. The molecule has 0 radical (unpaired) electrons. The molecule has 1 N–H and O–H groups in total. The summed E-state index contributed by atoms with van der Waals surface area (Å²) in [7, 11) is 0. The van der Waals surface area contributed by atoms with Gasteiger partial charge in [0, 0.05) is 5.56 Å². The smallest absolute Gasteiger partial charge is 0.144 e. The molecule has 0 fully saturated rings. The number of rotatable bonds is 4. The summed E-state index contributed by atoms with van der Waals surface area (Å²) in [5.41, 5.74) is 1.77. The number of hydrogen-bond donors (Lipinski definition) is 1. The van der Waals surface area contributed by atoms with Gasteiger partial charge in [0.25, 0.3) is 0 Å². The molecule has 0 saturated heterocycles. The van der Waals surface area contributed by atoms with Crippen LogP contribution in [0.2, 0.25) is 5.02 Å². The summed E-state index contributed by atoms with van der Waals surface area (Å²) >= 11 is 6.10. The first-order chi connectivity index (χ1) is 8.68. The summed E-state index contributed by atoms with van der Waals surface area (Å²) < 4.78 is 5.72. The molecule has 0 aliphatic carbocycles. The van der Waals surface area contributed by atoms with Crippen LogP contribution in [0.15, 0.2) is 48.5 Å². The van der Waals surface area contributed by atoms with Gasteiger partial charge in [0.15, 0.2) is 0 Å². The first-order valence-electron chi connectivity index (χ1n) is 5.81. The highest BCUT2D eigenvalue weighted by Crippen LogP contribution is 2.33. The predicted molar refractivity (Wildman–Crippen MR) is 72.9 cm³/mol. The van der Waals surface area contributed by atoms with Crippen LogP contribution in [0.3, 0.4) is 0 Å². The van der Waals surface area contributed by atoms with Crippen molar-refractivity contribution in [3.05, 3.63) is 64.7 Å². The lowest BCUT2D eigenvalue weighted by Gasteiger charge is -2.14. The molecule has 2 rings (SSSR count). The Kier molecular flexibility index (Phi) is 4.24. The van der Waals surface area contributed by atoms with E-state index >= 15 is 0 Å². The number of benzene rings is 2. The van der Waals surface area contributed by atoms with Crippen molar-refractivity contribution in [1.82, 2.24) is 0 Å². The van der Waals surface area contributed by atoms with Crippen molar-refractivity contribution in [1.29, 1.82) is 0 Å². The Morgan fingerprint density at radius 2 is 1.83 bits per heavy atom. The van der Waals surface area contributed by atoms with Gasteiger partial charge in [0.2, 0.25) is 0 Å². The van der Waals surface area contributed by atoms with Crippen LogP contribution >= 0.6 is 11.6 Å². The van der Waals surface area contributed by atoms with Gasteiger partial charge in [-0.2, -0.15) is 0 Å². The van der Waals surface area contributed by atoms with Gasteiger partial charge in [0.05, 0.1) is 11.1 Å². The largest absolute Gasteiger partial charge is 0.487 e. The van der Waals surface area contributed by atoms with Crippen LogP contribution in [0.5, 0.6) is 5.75 Å². The van der Waals surface area contributed by atoms with Crippen molar-refractivity contribution in [3.8, 4) is 5.75 Å². The minimum atomic E-state index is -0.602. The molecule has 3 heteroatoms. The quantitative estimate of drug-likeness (QED) is 0.903. The molecule has 1 atom stereocenters. The first-order valence-corrected chi connectivity index (χ1v) is 6.19. The lowest BCUT2D eigenvalue weighted by Crippen LogP contribution is -2.01. The third-order valence-corrected chi connectivity index (χ3v) is 2.97. The fourth-order valence-corrected chi connectivity index (χ4v) is 1.97. The fraction of sp³-hybridized carbons (Fsp3) is 0.200. The van der Waals surface area contributed by atoms with E-state index in [1.165, 1.54) is 0 Å². The highest BCUT2D eigenvalue weighted by molar-refractivity contribution is 6.32. The maximum absolute atomic E-state index is 9.69. The van der Waals surface area contributed by atoms with E-state index in [4.69, 9.17) is 16.3 Å². The van der Waals surface area contributed by atoms with E-state index in [1.807, 2.05) is 36.4 Å². The van der Waals surface area contributed by atoms with Crippen LogP contribution in [0, 0.1) is 0 Å². The molecule has 0 amide bonds. The Labute approximate surface area is 112 Å². The predicted octanol–water partition coefficient (Wildman–Crippen LogP) is 3.97. The molecule has 2 aromatic carbocycles. The normalized spacial score (nSPS) is 12.2. The molecule has 0 spiro atoms. The van der Waals surface area contributed by atoms with Crippen LogP contribution in [0.1, 0.15) is 24.2 Å². The van der Waals surface area contributed by atoms with E-state index in [9.17, 15) is 5.11 Å². The number of ether oxygens (including phenoxy) is 1. The molecule has 0 bridgehead atoms. The van der Waals surface area contributed by atoms with Crippen LogP contribution in [0.25, 0.3) is 0 Å². The molecular formula is C15H15ClO2. The fourth-order valence-electron chi connectivity index (χ4n) is 1.74. The number of halogens is 1. The number of aliphatic hydroxyl groups is 1. The Hall–Kier alpha value is -1.51. The maximum Gasteiger partial charge on any atom is 0.144 e. The van der Waals surface area contributed by atoms with Crippen molar-refractivity contribution in [2.45, 2.75) is 19.6 Å². The van der Waals surface area contributed by atoms with Gasteiger partial charge in [-0.05, 0) is 18.6 Å². The second-order valence-electron chi connectivity index (χ2n) is 4.11. The second-order valence-corrected chi connectivity index (χ2v) is 4.52. The van der Waals surface area contributed by atoms with E-state index in [0.29, 0.717) is 22.9 Å². The van der Waals surface area contributed by atoms with Crippen LogP contribution in [-0.4, -0.2) is 5.11 Å². The van der Waals surface area contributed by atoms with Gasteiger partial charge < -0.3 is 9.84 Å². The Morgan fingerprint density at radius 1 is 1.11 bits per heavy atom. The average Bonchev–Trinajstić information content (AvgIpc) is 2.38. The summed E-state index contributed by atoms with van der Waals surface area (Å²) in [4.78, 5) is 0. The first kappa shape index (κ1) is 12.9. The monoisotopic (exact) mass is 262 g/mol. The van der Waals surface area contributed by atoms with Gasteiger partial charge in [-0.25, -0.2) is 0 Å². The zero-order valence-electron chi connectivity index (χ0n) is 10.1. The minimum Gasteiger partial charge on any atom is -0.487 e. The highest BCUT2D eigenvalue weighted by Gasteiger charge is 2.12. The molecule has 0 aliphatic rings. The van der Waals surface area contributed by atoms with Gasteiger partial charge in [-0.15, -0.1) is 0 Å². The van der Waals surface area contributed by atoms with Gasteiger partial charge in [0.1, 0.15) is 12.4 Å². The third kappa shape index (κ3) is 3.03. The molecule has 2 nitrogen and oxygen atoms in total. The lowest BCUT2D eigenvalue weighted by atomic mass is 10.1.